The van der Waals surface area contributed by atoms with Gasteiger partial charge in [0, 0.05) is 83.4 Å². The Kier molecular flexibility index (Phi) is 7.45. The SMILES string of the molecule is C=C(c1cc2c(C(=O)N3CCCC3)cccc2[nH]1)c1cc(-c2cncc(NC(=O)CC(C)C)c2)cnc1NC. The number of nitrogens with one attached hydrogen (secondary N) is 3. The van der Waals surface area contributed by atoms with Crippen molar-refractivity contribution in [2.75, 3.05) is 30.8 Å². The molecule has 3 N–H and O–H groups in total. The molecule has 3 aromatic heterocycles. The molecule has 0 saturated carbocycles. The predicted molar refractivity (Wildman–Crippen MR) is 157 cm³/mol. The molecule has 0 bridgehead atoms. The van der Waals surface area contributed by atoms with E-state index < -0.39 is 0 Å². The lowest BCUT2D eigenvalue weighted by Crippen LogP contribution is -2.27. The zero-order valence-electron chi connectivity index (χ0n) is 22.7. The van der Waals surface area contributed by atoms with E-state index in [1.165, 1.54) is 0 Å². The van der Waals surface area contributed by atoms with Crippen LogP contribution in [0.1, 0.15) is 54.7 Å². The molecule has 8 heteroatoms. The average Bonchev–Trinajstić information content (AvgIpc) is 3.62. The number of carbonyl (C=O) groups is 2. The van der Waals surface area contributed by atoms with Gasteiger partial charge in [0.25, 0.3) is 5.91 Å². The Morgan fingerprint density at radius 3 is 2.56 bits per heavy atom. The molecule has 1 fully saturated rings. The second kappa shape index (κ2) is 11.1. The van der Waals surface area contributed by atoms with Gasteiger partial charge in [0.1, 0.15) is 5.82 Å². The normalized spacial score (nSPS) is 13.2. The van der Waals surface area contributed by atoms with E-state index in [2.05, 4.69) is 32.2 Å². The monoisotopic (exact) mass is 522 g/mol. The molecule has 1 aromatic carbocycles. The van der Waals surface area contributed by atoms with Gasteiger partial charge in [-0.25, -0.2) is 4.98 Å². The molecule has 0 aliphatic carbocycles. The summed E-state index contributed by atoms with van der Waals surface area (Å²) in [5.41, 5.74) is 6.29. The molecule has 4 heterocycles. The lowest BCUT2D eigenvalue weighted by Gasteiger charge is -2.15. The number of hydrogen-bond acceptors (Lipinski definition) is 5. The van der Waals surface area contributed by atoms with Crippen LogP contribution in [0.4, 0.5) is 11.5 Å². The van der Waals surface area contributed by atoms with Crippen LogP contribution in [0.3, 0.4) is 0 Å². The first-order valence-electron chi connectivity index (χ1n) is 13.4. The number of nitrogens with zero attached hydrogens (tertiary/aromatic N) is 3. The summed E-state index contributed by atoms with van der Waals surface area (Å²) in [5, 5.41) is 6.98. The van der Waals surface area contributed by atoms with Crippen LogP contribution in [0.25, 0.3) is 27.6 Å². The van der Waals surface area contributed by atoms with Gasteiger partial charge in [-0.3, -0.25) is 14.6 Å². The highest BCUT2D eigenvalue weighted by atomic mass is 16.2. The summed E-state index contributed by atoms with van der Waals surface area (Å²) in [4.78, 5) is 39.8. The first-order valence-corrected chi connectivity index (χ1v) is 13.4. The standard InChI is InChI=1S/C31H34N6O2/c1-19(2)12-29(38)35-23-13-21(16-33-18-23)22-14-25(30(32-4)34-17-22)20(3)28-15-26-24(8-7-9-27(26)36-28)31(39)37-10-5-6-11-37/h7-9,13-19,36H,3,5-6,10-12H2,1-2,4H3,(H,32,34)(H,35,38). The number of rotatable bonds is 8. The number of hydrogen-bond donors (Lipinski definition) is 3. The van der Waals surface area contributed by atoms with Crippen molar-refractivity contribution < 1.29 is 9.59 Å². The third-order valence-electron chi connectivity index (χ3n) is 7.01. The van der Waals surface area contributed by atoms with E-state index >= 15 is 0 Å². The zero-order valence-corrected chi connectivity index (χ0v) is 22.7. The third kappa shape index (κ3) is 5.55. The molecule has 0 radical (unpaired) electrons. The molecule has 4 aromatic rings. The minimum Gasteiger partial charge on any atom is -0.373 e. The quantitative estimate of drug-likeness (QED) is 0.265. The van der Waals surface area contributed by atoms with Gasteiger partial charge in [-0.15, -0.1) is 0 Å². The summed E-state index contributed by atoms with van der Waals surface area (Å²) < 4.78 is 0. The number of anilines is 2. The Bertz CT molecular complexity index is 1550. The fourth-order valence-corrected chi connectivity index (χ4v) is 5.04. The Labute approximate surface area is 228 Å². The van der Waals surface area contributed by atoms with Gasteiger partial charge in [0.2, 0.25) is 5.91 Å². The largest absolute Gasteiger partial charge is 0.373 e. The van der Waals surface area contributed by atoms with Crippen LogP contribution >= 0.6 is 0 Å². The fraction of sp³-hybridized carbons (Fsp3) is 0.290. The maximum atomic E-state index is 13.2. The van der Waals surface area contributed by atoms with E-state index in [1.807, 2.05) is 62.2 Å². The molecule has 0 unspecified atom stereocenters. The van der Waals surface area contributed by atoms with Crippen LogP contribution in [0.15, 0.2) is 61.6 Å². The molecule has 1 saturated heterocycles. The van der Waals surface area contributed by atoms with E-state index in [0.29, 0.717) is 23.5 Å². The topological polar surface area (TPSA) is 103 Å². The van der Waals surface area contributed by atoms with E-state index in [9.17, 15) is 9.59 Å². The predicted octanol–water partition coefficient (Wildman–Crippen LogP) is 5.95. The van der Waals surface area contributed by atoms with Crippen molar-refractivity contribution in [1.82, 2.24) is 19.9 Å². The van der Waals surface area contributed by atoms with Crippen LogP contribution < -0.4 is 10.6 Å². The highest BCUT2D eigenvalue weighted by Gasteiger charge is 2.22. The summed E-state index contributed by atoms with van der Waals surface area (Å²) in [6.45, 7) is 10.0. The second-order valence-electron chi connectivity index (χ2n) is 10.4. The van der Waals surface area contributed by atoms with Gasteiger partial charge in [-0.05, 0) is 49.1 Å². The van der Waals surface area contributed by atoms with Crippen LogP contribution in [0, 0.1) is 5.92 Å². The number of fused-ring (bicyclic) bond motifs is 1. The van der Waals surface area contributed by atoms with Crippen LogP contribution in [0.2, 0.25) is 0 Å². The smallest absolute Gasteiger partial charge is 0.254 e. The van der Waals surface area contributed by atoms with Crippen molar-refractivity contribution in [2.45, 2.75) is 33.1 Å². The lowest BCUT2D eigenvalue weighted by molar-refractivity contribution is -0.116. The Morgan fingerprint density at radius 1 is 1.05 bits per heavy atom. The van der Waals surface area contributed by atoms with E-state index in [1.54, 1.807) is 18.6 Å². The number of pyridine rings is 2. The van der Waals surface area contributed by atoms with Crippen LogP contribution in [-0.2, 0) is 4.79 Å². The highest BCUT2D eigenvalue weighted by molar-refractivity contribution is 6.07. The van der Waals surface area contributed by atoms with Crippen molar-refractivity contribution >= 4 is 39.8 Å². The number of likely N-dealkylation sites (tertiary alicyclic amines) is 1. The van der Waals surface area contributed by atoms with Gasteiger partial charge < -0.3 is 20.5 Å². The zero-order chi connectivity index (χ0) is 27.5. The molecular weight excluding hydrogens is 488 g/mol. The van der Waals surface area contributed by atoms with E-state index in [0.717, 1.165) is 64.8 Å². The molecule has 1 aliphatic rings. The number of amides is 2. The Hall–Kier alpha value is -4.46. The van der Waals surface area contributed by atoms with Gasteiger partial charge in [0.05, 0.1) is 11.9 Å². The highest BCUT2D eigenvalue weighted by Crippen LogP contribution is 2.33. The van der Waals surface area contributed by atoms with Gasteiger partial charge in [0.15, 0.2) is 0 Å². The average molecular weight is 523 g/mol. The fourth-order valence-electron chi connectivity index (χ4n) is 5.04. The van der Waals surface area contributed by atoms with Gasteiger partial charge in [-0.2, -0.15) is 0 Å². The Balaban J connectivity index is 1.47. The van der Waals surface area contributed by atoms with Gasteiger partial charge in [-0.1, -0.05) is 26.5 Å². The summed E-state index contributed by atoms with van der Waals surface area (Å²) in [7, 11) is 1.82. The second-order valence-corrected chi connectivity index (χ2v) is 10.4. The summed E-state index contributed by atoms with van der Waals surface area (Å²) in [5.74, 6) is 0.988. The summed E-state index contributed by atoms with van der Waals surface area (Å²) in [6, 6.07) is 11.7. The van der Waals surface area contributed by atoms with Crippen LogP contribution in [0.5, 0.6) is 0 Å². The molecule has 200 valence electrons. The maximum absolute atomic E-state index is 13.2. The Morgan fingerprint density at radius 2 is 1.82 bits per heavy atom. The van der Waals surface area contributed by atoms with Crippen molar-refractivity contribution in [3.05, 3.63) is 78.4 Å². The molecule has 0 atom stereocenters. The van der Waals surface area contributed by atoms with E-state index in [-0.39, 0.29) is 17.7 Å². The molecule has 2 amide bonds. The molecule has 1 aliphatic heterocycles. The first kappa shape index (κ1) is 26.2. The van der Waals surface area contributed by atoms with Crippen molar-refractivity contribution in [2.24, 2.45) is 5.92 Å². The summed E-state index contributed by atoms with van der Waals surface area (Å²) in [6.07, 6.45) is 7.72. The number of aromatic amines is 1. The first-order chi connectivity index (χ1) is 18.8. The lowest BCUT2D eigenvalue weighted by atomic mass is 10.00. The molecule has 0 spiro atoms. The van der Waals surface area contributed by atoms with Crippen molar-refractivity contribution in [3.63, 3.8) is 0 Å². The van der Waals surface area contributed by atoms with Crippen LogP contribution in [-0.4, -0.2) is 51.8 Å². The minimum atomic E-state index is -0.0388. The van der Waals surface area contributed by atoms with Gasteiger partial charge >= 0.3 is 0 Å². The molecule has 39 heavy (non-hydrogen) atoms. The third-order valence-corrected chi connectivity index (χ3v) is 7.01. The molecule has 8 nitrogen and oxygen atoms in total. The number of benzene rings is 1. The van der Waals surface area contributed by atoms with Crippen molar-refractivity contribution in [1.29, 1.82) is 0 Å². The maximum Gasteiger partial charge on any atom is 0.254 e. The number of aromatic nitrogens is 3. The van der Waals surface area contributed by atoms with Crippen molar-refractivity contribution in [3.8, 4) is 11.1 Å². The number of carbonyl (C=O) groups excluding carboxylic acids is 2. The minimum absolute atomic E-state index is 0.0388. The molecular formula is C31H34N6O2. The molecule has 5 rings (SSSR count). The van der Waals surface area contributed by atoms with E-state index in [4.69, 9.17) is 0 Å². The summed E-state index contributed by atoms with van der Waals surface area (Å²) >= 11 is 0. The number of H-pyrrole nitrogens is 1.